The number of carbonyl (C=O) groups excluding carboxylic acids is 2. The quantitative estimate of drug-likeness (QED) is 0.374. The van der Waals surface area contributed by atoms with Gasteiger partial charge in [-0.05, 0) is 50.2 Å². The van der Waals surface area contributed by atoms with Gasteiger partial charge in [0.25, 0.3) is 5.91 Å². The van der Waals surface area contributed by atoms with Crippen LogP contribution in [0, 0.1) is 6.92 Å². The number of aryl methyl sites for hydroxylation is 1. The van der Waals surface area contributed by atoms with Crippen molar-refractivity contribution in [3.05, 3.63) is 76.8 Å². The smallest absolute Gasteiger partial charge is 0.338 e. The van der Waals surface area contributed by atoms with E-state index in [0.29, 0.717) is 33.4 Å². The first-order valence-electron chi connectivity index (χ1n) is 10.3. The highest BCUT2D eigenvalue weighted by molar-refractivity contribution is 6.32. The first-order chi connectivity index (χ1) is 15.8. The molecule has 0 bridgehead atoms. The number of benzene rings is 3. The van der Waals surface area contributed by atoms with E-state index in [-0.39, 0.29) is 0 Å². The largest absolute Gasteiger partial charge is 0.495 e. The zero-order valence-corrected chi connectivity index (χ0v) is 19.1. The lowest BCUT2D eigenvalue weighted by Crippen LogP contribution is -2.30. The Hall–Kier alpha value is -3.84. The zero-order valence-electron chi connectivity index (χ0n) is 18.3. The van der Waals surface area contributed by atoms with Crippen LogP contribution in [0.25, 0.3) is 22.4 Å². The Kier molecular flexibility index (Phi) is 6.33. The molecule has 0 aliphatic rings. The number of fused-ring (bicyclic) bond motifs is 1. The number of hydrogen-bond donors (Lipinski definition) is 2. The first kappa shape index (κ1) is 22.4. The fourth-order valence-electron chi connectivity index (χ4n) is 3.25. The second kappa shape index (κ2) is 9.34. The van der Waals surface area contributed by atoms with Crippen molar-refractivity contribution in [3.8, 4) is 17.1 Å². The summed E-state index contributed by atoms with van der Waals surface area (Å²) in [5.74, 6) is 0.114. The first-order valence-corrected chi connectivity index (χ1v) is 10.6. The van der Waals surface area contributed by atoms with Crippen molar-refractivity contribution in [2.24, 2.45) is 0 Å². The van der Waals surface area contributed by atoms with Crippen molar-refractivity contribution >= 4 is 40.2 Å². The van der Waals surface area contributed by atoms with E-state index in [9.17, 15) is 9.59 Å². The van der Waals surface area contributed by atoms with E-state index < -0.39 is 18.0 Å². The van der Waals surface area contributed by atoms with Gasteiger partial charge in [-0.1, -0.05) is 41.4 Å². The number of H-pyrrole nitrogens is 1. The summed E-state index contributed by atoms with van der Waals surface area (Å²) in [6.07, 6.45) is -1.01. The molecule has 2 N–H and O–H groups in total. The van der Waals surface area contributed by atoms with Crippen LogP contribution in [0.3, 0.4) is 0 Å². The number of nitrogens with zero attached hydrogens (tertiary/aromatic N) is 1. The maximum Gasteiger partial charge on any atom is 0.338 e. The fraction of sp³-hybridized carbons (Fsp3) is 0.160. The van der Waals surface area contributed by atoms with Crippen LogP contribution in [0.2, 0.25) is 5.02 Å². The minimum atomic E-state index is -1.01. The van der Waals surface area contributed by atoms with E-state index in [1.807, 2.05) is 31.2 Å². The lowest BCUT2D eigenvalue weighted by molar-refractivity contribution is -0.123. The number of amides is 1. The number of imidazole rings is 1. The van der Waals surface area contributed by atoms with Gasteiger partial charge in [-0.25, -0.2) is 9.78 Å². The molecule has 1 heterocycles. The third-order valence-electron chi connectivity index (χ3n) is 5.11. The molecule has 1 amide bonds. The normalized spacial score (nSPS) is 11.8. The number of aromatic amines is 1. The Morgan fingerprint density at radius 2 is 1.82 bits per heavy atom. The molecule has 1 aromatic heterocycles. The van der Waals surface area contributed by atoms with Crippen LogP contribution in [-0.4, -0.2) is 35.1 Å². The molecule has 0 spiro atoms. The van der Waals surface area contributed by atoms with Gasteiger partial charge in [0.1, 0.15) is 11.6 Å². The molecule has 4 aromatic rings. The molecule has 4 rings (SSSR count). The van der Waals surface area contributed by atoms with Gasteiger partial charge in [0, 0.05) is 11.3 Å². The summed E-state index contributed by atoms with van der Waals surface area (Å²) in [7, 11) is 1.50. The Bertz CT molecular complexity index is 1330. The molecule has 0 radical (unpaired) electrons. The molecule has 3 aromatic carbocycles. The van der Waals surface area contributed by atoms with Crippen LogP contribution in [0.1, 0.15) is 22.8 Å². The van der Waals surface area contributed by atoms with Gasteiger partial charge in [0.05, 0.1) is 28.7 Å². The molecule has 0 saturated heterocycles. The zero-order chi connectivity index (χ0) is 23.5. The lowest BCUT2D eigenvalue weighted by atomic mass is 10.1. The summed E-state index contributed by atoms with van der Waals surface area (Å²) in [5, 5.41) is 3.03. The molecular formula is C25H22ClN3O4. The second-order valence-corrected chi connectivity index (χ2v) is 7.98. The molecule has 1 atom stereocenters. The number of esters is 1. The summed E-state index contributed by atoms with van der Waals surface area (Å²) in [5.41, 5.74) is 4.32. The van der Waals surface area contributed by atoms with E-state index in [4.69, 9.17) is 21.1 Å². The van der Waals surface area contributed by atoms with Gasteiger partial charge in [-0.15, -0.1) is 0 Å². The van der Waals surface area contributed by atoms with Gasteiger partial charge >= 0.3 is 5.97 Å². The molecule has 0 fully saturated rings. The molecule has 0 aliphatic heterocycles. The van der Waals surface area contributed by atoms with Crippen molar-refractivity contribution in [3.63, 3.8) is 0 Å². The third-order valence-corrected chi connectivity index (χ3v) is 5.41. The summed E-state index contributed by atoms with van der Waals surface area (Å²) in [6.45, 7) is 3.52. The van der Waals surface area contributed by atoms with Crippen molar-refractivity contribution in [1.29, 1.82) is 0 Å². The van der Waals surface area contributed by atoms with Crippen LogP contribution in [-0.2, 0) is 9.53 Å². The van der Waals surface area contributed by atoms with Crippen molar-refractivity contribution in [2.45, 2.75) is 20.0 Å². The number of carbonyl (C=O) groups is 2. The highest BCUT2D eigenvalue weighted by Crippen LogP contribution is 2.27. The van der Waals surface area contributed by atoms with Crippen LogP contribution >= 0.6 is 11.6 Å². The topological polar surface area (TPSA) is 93.3 Å². The number of nitrogens with one attached hydrogen (secondary N) is 2. The number of hydrogen-bond acceptors (Lipinski definition) is 5. The van der Waals surface area contributed by atoms with Gasteiger partial charge in [0.2, 0.25) is 0 Å². The van der Waals surface area contributed by atoms with Crippen LogP contribution < -0.4 is 10.1 Å². The van der Waals surface area contributed by atoms with Crippen molar-refractivity contribution in [1.82, 2.24) is 9.97 Å². The molecule has 7 nitrogen and oxygen atoms in total. The SMILES string of the molecule is COc1ccc(NC(=O)C(C)OC(=O)c2ccc3nc(-c4ccc(C)cc4)[nH]c3c2)cc1Cl. The molecule has 168 valence electrons. The minimum Gasteiger partial charge on any atom is -0.495 e. The van der Waals surface area contributed by atoms with E-state index in [0.717, 1.165) is 16.6 Å². The number of halogens is 1. The molecular weight excluding hydrogens is 442 g/mol. The fourth-order valence-corrected chi connectivity index (χ4v) is 3.51. The summed E-state index contributed by atoms with van der Waals surface area (Å²) in [6, 6.07) is 17.9. The Balaban J connectivity index is 1.44. The Morgan fingerprint density at radius 3 is 2.52 bits per heavy atom. The number of rotatable bonds is 6. The number of anilines is 1. The highest BCUT2D eigenvalue weighted by atomic mass is 35.5. The standard InChI is InChI=1S/C25H22ClN3O4/c1-14-4-6-16(7-5-14)23-28-20-10-8-17(12-21(20)29-23)25(31)33-15(2)24(30)27-18-9-11-22(32-3)19(26)13-18/h4-13,15H,1-3H3,(H,27,30)(H,28,29). The van der Waals surface area contributed by atoms with Crippen molar-refractivity contribution < 1.29 is 19.1 Å². The van der Waals surface area contributed by atoms with Gasteiger partial charge in [-0.3, -0.25) is 4.79 Å². The van der Waals surface area contributed by atoms with Crippen molar-refractivity contribution in [2.75, 3.05) is 12.4 Å². The van der Waals surface area contributed by atoms with E-state index in [1.165, 1.54) is 14.0 Å². The van der Waals surface area contributed by atoms with Crippen LogP contribution in [0.5, 0.6) is 5.75 Å². The maximum atomic E-state index is 12.6. The lowest BCUT2D eigenvalue weighted by Gasteiger charge is -2.14. The molecule has 8 heteroatoms. The van der Waals surface area contributed by atoms with Crippen LogP contribution in [0.15, 0.2) is 60.7 Å². The van der Waals surface area contributed by atoms with E-state index >= 15 is 0 Å². The van der Waals surface area contributed by atoms with E-state index in [2.05, 4.69) is 15.3 Å². The Morgan fingerprint density at radius 1 is 1.06 bits per heavy atom. The van der Waals surface area contributed by atoms with Gasteiger partial charge in [-0.2, -0.15) is 0 Å². The predicted octanol–water partition coefficient (Wildman–Crippen LogP) is 5.38. The monoisotopic (exact) mass is 463 g/mol. The number of ether oxygens (including phenoxy) is 2. The minimum absolute atomic E-state index is 0.314. The molecule has 0 saturated carbocycles. The van der Waals surface area contributed by atoms with Gasteiger partial charge in [0.15, 0.2) is 6.10 Å². The Labute approximate surface area is 195 Å². The average Bonchev–Trinajstić information content (AvgIpc) is 3.23. The number of methoxy groups -OCH3 is 1. The van der Waals surface area contributed by atoms with E-state index in [1.54, 1.807) is 36.4 Å². The predicted molar refractivity (Wildman–Crippen MR) is 128 cm³/mol. The second-order valence-electron chi connectivity index (χ2n) is 7.57. The third kappa shape index (κ3) is 4.99. The molecule has 0 aliphatic carbocycles. The molecule has 1 unspecified atom stereocenters. The number of aromatic nitrogens is 2. The summed E-state index contributed by atoms with van der Waals surface area (Å²) in [4.78, 5) is 32.9. The summed E-state index contributed by atoms with van der Waals surface area (Å²) >= 11 is 6.08. The highest BCUT2D eigenvalue weighted by Gasteiger charge is 2.20. The average molecular weight is 464 g/mol. The van der Waals surface area contributed by atoms with Crippen LogP contribution in [0.4, 0.5) is 5.69 Å². The summed E-state index contributed by atoms with van der Waals surface area (Å²) < 4.78 is 10.5. The molecule has 33 heavy (non-hydrogen) atoms. The maximum absolute atomic E-state index is 12.6. The van der Waals surface area contributed by atoms with Gasteiger partial charge < -0.3 is 19.8 Å².